The number of anilines is 1. The van der Waals surface area contributed by atoms with Crippen molar-refractivity contribution >= 4 is 39.1 Å². The molecule has 7 nitrogen and oxygen atoms in total. The van der Waals surface area contributed by atoms with Gasteiger partial charge in [0.15, 0.2) is 5.82 Å². The summed E-state index contributed by atoms with van der Waals surface area (Å²) in [6.07, 6.45) is 8.11. The number of halogens is 2. The summed E-state index contributed by atoms with van der Waals surface area (Å²) in [6, 6.07) is 13.6. The second kappa shape index (κ2) is 10.2. The van der Waals surface area contributed by atoms with Crippen molar-refractivity contribution in [1.29, 1.82) is 0 Å². The van der Waals surface area contributed by atoms with Crippen molar-refractivity contribution in [2.45, 2.75) is 62.6 Å². The number of fused-ring (bicyclic) bond motifs is 4. The Morgan fingerprint density at radius 3 is 2.55 bits per heavy atom. The van der Waals surface area contributed by atoms with Crippen LogP contribution in [-0.4, -0.2) is 70.4 Å². The molecular weight excluding hydrogens is 553 g/mol. The van der Waals surface area contributed by atoms with Crippen molar-refractivity contribution < 1.29 is 14.2 Å². The van der Waals surface area contributed by atoms with E-state index in [-0.39, 0.29) is 33.4 Å². The fourth-order valence-corrected chi connectivity index (χ4v) is 7.87. The van der Waals surface area contributed by atoms with Gasteiger partial charge in [-0.3, -0.25) is 4.90 Å². The standard InChI is InChI=1S/C33H35ClFN5O2/c34-27-17-26-30(29(35)28(27)25-16-23(41)15-20-5-1-2-6-24(20)25)37-32(38-31(26)39-18-21-7-8-22(19-39)36-21)42-14-11-33(9-10-33)40-12-3-4-13-40/h1-2,5-6,15-17,21-22,36,41H,3-4,7-14,18-19H2. The Balaban J connectivity index is 1.22. The molecule has 2 atom stereocenters. The average molecular weight is 588 g/mol. The Bertz CT molecular complexity index is 1680. The lowest BCUT2D eigenvalue weighted by Crippen LogP contribution is -2.51. The van der Waals surface area contributed by atoms with E-state index in [1.165, 1.54) is 38.8 Å². The average Bonchev–Trinajstić information content (AvgIpc) is 3.39. The third kappa shape index (κ3) is 4.55. The number of rotatable bonds is 7. The van der Waals surface area contributed by atoms with Crippen molar-refractivity contribution in [2.75, 3.05) is 37.7 Å². The zero-order valence-electron chi connectivity index (χ0n) is 23.6. The lowest BCUT2D eigenvalue weighted by atomic mass is 9.96. The van der Waals surface area contributed by atoms with Crippen molar-refractivity contribution in [2.24, 2.45) is 0 Å². The predicted molar refractivity (Wildman–Crippen MR) is 164 cm³/mol. The van der Waals surface area contributed by atoms with E-state index in [2.05, 4.69) is 20.1 Å². The number of benzene rings is 3. The third-order valence-electron chi connectivity index (χ3n) is 9.88. The molecule has 4 aromatic rings. The molecule has 1 aliphatic carbocycles. The van der Waals surface area contributed by atoms with Crippen LogP contribution in [0, 0.1) is 5.82 Å². The van der Waals surface area contributed by atoms with Crippen LogP contribution in [0.15, 0.2) is 42.5 Å². The summed E-state index contributed by atoms with van der Waals surface area (Å²) in [6.45, 7) is 4.41. The fourth-order valence-electron chi connectivity index (χ4n) is 7.58. The molecule has 2 N–H and O–H groups in total. The lowest BCUT2D eigenvalue weighted by Gasteiger charge is -2.34. The number of likely N-dealkylation sites (tertiary alicyclic amines) is 1. The summed E-state index contributed by atoms with van der Waals surface area (Å²) in [5, 5.41) is 16.6. The largest absolute Gasteiger partial charge is 0.508 e. The second-order valence-corrected chi connectivity index (χ2v) is 13.0. The molecule has 0 amide bonds. The van der Waals surface area contributed by atoms with Crippen LogP contribution in [0.25, 0.3) is 32.8 Å². The monoisotopic (exact) mass is 587 g/mol. The van der Waals surface area contributed by atoms with Crippen LogP contribution < -0.4 is 15.0 Å². The van der Waals surface area contributed by atoms with Crippen LogP contribution >= 0.6 is 11.6 Å². The molecule has 4 heterocycles. The van der Waals surface area contributed by atoms with E-state index in [4.69, 9.17) is 21.3 Å². The zero-order valence-corrected chi connectivity index (χ0v) is 24.3. The summed E-state index contributed by atoms with van der Waals surface area (Å²) in [5.41, 5.74) is 1.18. The fraction of sp³-hybridized carbons (Fsp3) is 0.455. The summed E-state index contributed by atoms with van der Waals surface area (Å²) in [4.78, 5) is 14.4. The zero-order chi connectivity index (χ0) is 28.4. The van der Waals surface area contributed by atoms with Gasteiger partial charge in [0, 0.05) is 41.7 Å². The van der Waals surface area contributed by atoms with Gasteiger partial charge in [-0.15, -0.1) is 0 Å². The minimum atomic E-state index is -0.532. The molecule has 3 aliphatic heterocycles. The molecule has 42 heavy (non-hydrogen) atoms. The van der Waals surface area contributed by atoms with Gasteiger partial charge in [0.25, 0.3) is 0 Å². The number of hydrogen-bond acceptors (Lipinski definition) is 7. The Labute approximate surface area is 249 Å². The van der Waals surface area contributed by atoms with Crippen LogP contribution in [-0.2, 0) is 0 Å². The maximum atomic E-state index is 16.7. The summed E-state index contributed by atoms with van der Waals surface area (Å²) in [7, 11) is 0. The van der Waals surface area contributed by atoms with Crippen molar-refractivity contribution in [3.8, 4) is 22.9 Å². The normalized spacial score (nSPS) is 23.2. The van der Waals surface area contributed by atoms with E-state index in [0.717, 1.165) is 43.1 Å². The number of aromatic hydroxyl groups is 1. The Hall–Kier alpha value is -3.20. The first-order valence-corrected chi connectivity index (χ1v) is 15.7. The van der Waals surface area contributed by atoms with E-state index in [1.54, 1.807) is 18.2 Å². The minimum absolute atomic E-state index is 0.0509. The molecule has 0 radical (unpaired) electrons. The first kappa shape index (κ1) is 26.4. The predicted octanol–water partition coefficient (Wildman–Crippen LogP) is 6.29. The lowest BCUT2D eigenvalue weighted by molar-refractivity contribution is 0.171. The van der Waals surface area contributed by atoms with Gasteiger partial charge in [-0.2, -0.15) is 9.97 Å². The van der Waals surface area contributed by atoms with E-state index >= 15 is 4.39 Å². The van der Waals surface area contributed by atoms with E-state index in [0.29, 0.717) is 35.5 Å². The summed E-state index contributed by atoms with van der Waals surface area (Å²) in [5.74, 6) is 0.188. The molecule has 2 bridgehead atoms. The Kier molecular flexibility index (Phi) is 6.43. The topological polar surface area (TPSA) is 73.8 Å². The third-order valence-corrected chi connectivity index (χ3v) is 10.2. The molecule has 218 valence electrons. The molecule has 1 aromatic heterocycles. The van der Waals surface area contributed by atoms with Gasteiger partial charge < -0.3 is 20.1 Å². The Morgan fingerprint density at radius 1 is 1.02 bits per heavy atom. The first-order valence-electron chi connectivity index (χ1n) is 15.3. The van der Waals surface area contributed by atoms with Crippen molar-refractivity contribution in [1.82, 2.24) is 20.2 Å². The number of piperazine rings is 1. The smallest absolute Gasteiger partial charge is 0.319 e. The van der Waals surface area contributed by atoms with E-state index in [1.807, 2.05) is 24.3 Å². The van der Waals surface area contributed by atoms with Gasteiger partial charge in [0.2, 0.25) is 0 Å². The summed E-state index contributed by atoms with van der Waals surface area (Å²) < 4.78 is 23.0. The maximum Gasteiger partial charge on any atom is 0.319 e. The molecule has 9 heteroatoms. The molecule has 2 unspecified atom stereocenters. The molecule has 1 saturated carbocycles. The quantitative estimate of drug-likeness (QED) is 0.263. The number of nitrogens with zero attached hydrogens (tertiary/aromatic N) is 4. The highest BCUT2D eigenvalue weighted by Gasteiger charge is 2.48. The molecule has 4 aliphatic rings. The van der Waals surface area contributed by atoms with Crippen molar-refractivity contribution in [3.63, 3.8) is 0 Å². The van der Waals surface area contributed by atoms with Gasteiger partial charge in [0.05, 0.1) is 11.6 Å². The van der Waals surface area contributed by atoms with Gasteiger partial charge in [-0.05, 0) is 92.6 Å². The van der Waals surface area contributed by atoms with Gasteiger partial charge in [-0.25, -0.2) is 4.39 Å². The highest BCUT2D eigenvalue weighted by Crippen LogP contribution is 2.47. The van der Waals surface area contributed by atoms with Crippen molar-refractivity contribution in [3.05, 3.63) is 53.3 Å². The van der Waals surface area contributed by atoms with Gasteiger partial charge in [-0.1, -0.05) is 35.9 Å². The number of aromatic nitrogens is 2. The molecule has 0 spiro atoms. The van der Waals surface area contributed by atoms with Crippen LogP contribution in [0.3, 0.4) is 0 Å². The van der Waals surface area contributed by atoms with Gasteiger partial charge >= 0.3 is 6.01 Å². The number of ether oxygens (including phenoxy) is 1. The van der Waals surface area contributed by atoms with E-state index in [9.17, 15) is 5.11 Å². The van der Waals surface area contributed by atoms with E-state index < -0.39 is 5.82 Å². The van der Waals surface area contributed by atoms with Crippen LogP contribution in [0.4, 0.5) is 10.2 Å². The molecule has 3 saturated heterocycles. The number of nitrogens with one attached hydrogen (secondary N) is 1. The highest BCUT2D eigenvalue weighted by molar-refractivity contribution is 6.35. The molecule has 3 aromatic carbocycles. The molecule has 4 fully saturated rings. The second-order valence-electron chi connectivity index (χ2n) is 12.5. The van der Waals surface area contributed by atoms with Crippen LogP contribution in [0.5, 0.6) is 11.8 Å². The van der Waals surface area contributed by atoms with Crippen LogP contribution in [0.2, 0.25) is 5.02 Å². The SMILES string of the molecule is Oc1cc(-c2c(Cl)cc3c(N4CC5CCC(C4)N5)nc(OCCC4(N5CCCC5)CC4)nc3c2F)c2ccccc2c1. The highest BCUT2D eigenvalue weighted by atomic mass is 35.5. The molecule has 8 rings (SSSR count). The minimum Gasteiger partial charge on any atom is -0.508 e. The number of phenols is 1. The first-order chi connectivity index (χ1) is 20.5. The Morgan fingerprint density at radius 2 is 1.79 bits per heavy atom. The maximum absolute atomic E-state index is 16.7. The summed E-state index contributed by atoms with van der Waals surface area (Å²) >= 11 is 6.88. The molecular formula is C33H35ClFN5O2. The number of phenolic OH excluding ortho intramolecular Hbond substituents is 1. The van der Waals surface area contributed by atoms with Gasteiger partial charge in [0.1, 0.15) is 17.1 Å². The van der Waals surface area contributed by atoms with Crippen LogP contribution in [0.1, 0.15) is 44.9 Å². The number of hydrogen-bond donors (Lipinski definition) is 2.